The van der Waals surface area contributed by atoms with Gasteiger partial charge in [-0.2, -0.15) is 0 Å². The Balaban J connectivity index is 1.64. The molecule has 0 radical (unpaired) electrons. The minimum absolute atomic E-state index is 0.244. The van der Waals surface area contributed by atoms with Crippen LogP contribution in [0.2, 0.25) is 0 Å². The summed E-state index contributed by atoms with van der Waals surface area (Å²) in [5, 5.41) is 2.86. The molecule has 0 aliphatic heterocycles. The molecule has 0 unspecified atom stereocenters. The van der Waals surface area contributed by atoms with E-state index in [-0.39, 0.29) is 10.4 Å². The van der Waals surface area contributed by atoms with Crippen molar-refractivity contribution >= 4 is 37.4 Å². The molecule has 4 rings (SSSR count). The number of hydrogen-bond acceptors (Lipinski definition) is 3. The van der Waals surface area contributed by atoms with E-state index in [4.69, 9.17) is 5.73 Å². The average Bonchev–Trinajstić information content (AvgIpc) is 3.01. The average molecular weight is 394 g/mol. The normalized spacial score (nSPS) is 12.5. The molecular formula is C22H23N3O2S. The van der Waals surface area contributed by atoms with Gasteiger partial charge in [-0.15, -0.1) is 0 Å². The van der Waals surface area contributed by atoms with Crippen molar-refractivity contribution in [3.05, 3.63) is 72.9 Å². The van der Waals surface area contributed by atoms with Crippen molar-refractivity contribution in [3.63, 3.8) is 0 Å². The van der Waals surface area contributed by atoms with Crippen molar-refractivity contribution in [1.82, 2.24) is 4.57 Å². The van der Waals surface area contributed by atoms with E-state index >= 15 is 0 Å². The molecule has 1 heterocycles. The fourth-order valence-corrected chi connectivity index (χ4v) is 4.47. The summed E-state index contributed by atoms with van der Waals surface area (Å²) in [6, 6.07) is 20.3. The van der Waals surface area contributed by atoms with Gasteiger partial charge in [-0.25, -0.2) is 8.42 Å². The van der Waals surface area contributed by atoms with Gasteiger partial charge in [0.15, 0.2) is 0 Å². The van der Waals surface area contributed by atoms with Crippen LogP contribution in [0.5, 0.6) is 0 Å². The van der Waals surface area contributed by atoms with Crippen LogP contribution in [-0.2, 0) is 16.6 Å². The minimum Gasteiger partial charge on any atom is -0.346 e. The van der Waals surface area contributed by atoms with Crippen molar-refractivity contribution < 1.29 is 8.42 Å². The van der Waals surface area contributed by atoms with Gasteiger partial charge in [-0.05, 0) is 61.0 Å². The standard InChI is InChI=1S/C22H23N3O2S/c1-22(2,23)15-25-12-11-18-13-19(8-10-21(18)25)24-28(26,27)20-9-7-16-5-3-4-6-17(16)14-20/h3-14,24H,15,23H2,1-2H3. The van der Waals surface area contributed by atoms with E-state index in [1.165, 1.54) is 0 Å². The summed E-state index contributed by atoms with van der Waals surface area (Å²) < 4.78 is 30.5. The Bertz CT molecular complexity index is 1270. The van der Waals surface area contributed by atoms with Gasteiger partial charge in [0.05, 0.1) is 4.90 Å². The monoisotopic (exact) mass is 393 g/mol. The topological polar surface area (TPSA) is 77.1 Å². The Morgan fingerprint density at radius 2 is 1.68 bits per heavy atom. The zero-order valence-electron chi connectivity index (χ0n) is 15.9. The van der Waals surface area contributed by atoms with Gasteiger partial charge in [0.1, 0.15) is 0 Å². The van der Waals surface area contributed by atoms with Crippen LogP contribution in [0.15, 0.2) is 77.8 Å². The van der Waals surface area contributed by atoms with Crippen LogP contribution in [0.25, 0.3) is 21.7 Å². The first-order valence-electron chi connectivity index (χ1n) is 9.11. The molecular weight excluding hydrogens is 370 g/mol. The summed E-state index contributed by atoms with van der Waals surface area (Å²) in [6.45, 7) is 4.63. The molecule has 3 aromatic carbocycles. The number of nitrogens with two attached hydrogens (primary N) is 1. The van der Waals surface area contributed by atoms with Crippen LogP contribution in [0.1, 0.15) is 13.8 Å². The summed E-state index contributed by atoms with van der Waals surface area (Å²) in [5.41, 5.74) is 7.34. The van der Waals surface area contributed by atoms with Crippen LogP contribution in [0, 0.1) is 0 Å². The third-order valence-electron chi connectivity index (χ3n) is 4.63. The fourth-order valence-electron chi connectivity index (χ4n) is 3.39. The third kappa shape index (κ3) is 3.74. The van der Waals surface area contributed by atoms with E-state index in [1.54, 1.807) is 18.2 Å². The van der Waals surface area contributed by atoms with Gasteiger partial charge >= 0.3 is 0 Å². The second-order valence-electron chi connectivity index (χ2n) is 7.82. The number of nitrogens with zero attached hydrogens (tertiary/aromatic N) is 1. The van der Waals surface area contributed by atoms with Crippen LogP contribution in [-0.4, -0.2) is 18.5 Å². The van der Waals surface area contributed by atoms with Crippen molar-refractivity contribution in [3.8, 4) is 0 Å². The highest BCUT2D eigenvalue weighted by Gasteiger charge is 2.16. The zero-order chi connectivity index (χ0) is 19.9. The van der Waals surface area contributed by atoms with Gasteiger partial charge in [-0.1, -0.05) is 30.3 Å². The molecule has 3 N–H and O–H groups in total. The minimum atomic E-state index is -3.67. The first-order chi connectivity index (χ1) is 13.2. The number of sulfonamides is 1. The molecule has 5 nitrogen and oxygen atoms in total. The highest BCUT2D eigenvalue weighted by Crippen LogP contribution is 2.25. The van der Waals surface area contributed by atoms with Crippen molar-refractivity contribution in [2.45, 2.75) is 30.8 Å². The Morgan fingerprint density at radius 1 is 0.929 bits per heavy atom. The number of rotatable bonds is 5. The second-order valence-corrected chi connectivity index (χ2v) is 9.50. The molecule has 6 heteroatoms. The molecule has 0 bridgehead atoms. The molecule has 144 valence electrons. The summed E-state index contributed by atoms with van der Waals surface area (Å²) in [4.78, 5) is 0.244. The lowest BCUT2D eigenvalue weighted by atomic mass is 10.1. The number of hydrogen-bond donors (Lipinski definition) is 2. The fraction of sp³-hybridized carbons (Fsp3) is 0.182. The van der Waals surface area contributed by atoms with Crippen molar-refractivity contribution in [1.29, 1.82) is 0 Å². The summed E-state index contributed by atoms with van der Waals surface area (Å²) in [7, 11) is -3.67. The zero-order valence-corrected chi connectivity index (χ0v) is 16.7. The van der Waals surface area contributed by atoms with E-state index in [1.807, 2.05) is 68.6 Å². The molecule has 0 aliphatic rings. The Kier molecular flexibility index (Phi) is 4.40. The van der Waals surface area contributed by atoms with Crippen LogP contribution >= 0.6 is 0 Å². The van der Waals surface area contributed by atoms with Gasteiger partial charge in [-0.3, -0.25) is 4.72 Å². The molecule has 0 spiro atoms. The SMILES string of the molecule is CC(C)(N)Cn1ccc2cc(NS(=O)(=O)c3ccc4ccccc4c3)ccc21. The first kappa shape index (κ1) is 18.5. The Labute approximate surface area is 164 Å². The Hall–Kier alpha value is -2.83. The maximum Gasteiger partial charge on any atom is 0.261 e. The third-order valence-corrected chi connectivity index (χ3v) is 6.01. The molecule has 28 heavy (non-hydrogen) atoms. The number of benzene rings is 3. The first-order valence-corrected chi connectivity index (χ1v) is 10.6. The highest BCUT2D eigenvalue weighted by molar-refractivity contribution is 7.92. The number of aromatic nitrogens is 1. The van der Waals surface area contributed by atoms with E-state index in [0.29, 0.717) is 12.2 Å². The van der Waals surface area contributed by atoms with Crippen molar-refractivity contribution in [2.75, 3.05) is 4.72 Å². The lowest BCUT2D eigenvalue weighted by Gasteiger charge is -2.20. The molecule has 4 aromatic rings. The van der Waals surface area contributed by atoms with Crippen LogP contribution < -0.4 is 10.5 Å². The van der Waals surface area contributed by atoms with Crippen molar-refractivity contribution in [2.24, 2.45) is 5.73 Å². The maximum atomic E-state index is 12.8. The van der Waals surface area contributed by atoms with Gasteiger partial charge in [0.2, 0.25) is 0 Å². The number of anilines is 1. The van der Waals surface area contributed by atoms with Gasteiger partial charge in [0, 0.05) is 34.9 Å². The predicted octanol–water partition coefficient (Wildman–Crippen LogP) is 4.33. The molecule has 0 atom stereocenters. The summed E-state index contributed by atoms with van der Waals surface area (Å²) in [5.74, 6) is 0. The molecule has 1 aromatic heterocycles. The molecule has 0 saturated heterocycles. The number of nitrogens with one attached hydrogen (secondary N) is 1. The Morgan fingerprint density at radius 3 is 2.43 bits per heavy atom. The lowest BCUT2D eigenvalue weighted by molar-refractivity contribution is 0.441. The summed E-state index contributed by atoms with van der Waals surface area (Å²) in [6.07, 6.45) is 1.97. The largest absolute Gasteiger partial charge is 0.346 e. The van der Waals surface area contributed by atoms with Crippen LogP contribution in [0.3, 0.4) is 0 Å². The lowest BCUT2D eigenvalue weighted by Crippen LogP contribution is -2.36. The van der Waals surface area contributed by atoms with E-state index in [0.717, 1.165) is 21.7 Å². The van der Waals surface area contributed by atoms with Crippen LogP contribution in [0.4, 0.5) is 5.69 Å². The van der Waals surface area contributed by atoms with E-state index < -0.39 is 10.0 Å². The second kappa shape index (κ2) is 6.65. The predicted molar refractivity (Wildman–Crippen MR) is 115 cm³/mol. The highest BCUT2D eigenvalue weighted by atomic mass is 32.2. The van der Waals surface area contributed by atoms with E-state index in [9.17, 15) is 8.42 Å². The molecule has 0 saturated carbocycles. The van der Waals surface area contributed by atoms with E-state index in [2.05, 4.69) is 9.29 Å². The summed E-state index contributed by atoms with van der Waals surface area (Å²) >= 11 is 0. The maximum absolute atomic E-state index is 12.8. The quantitative estimate of drug-likeness (QED) is 0.530. The molecule has 0 fully saturated rings. The molecule has 0 aliphatic carbocycles. The van der Waals surface area contributed by atoms with Gasteiger partial charge < -0.3 is 10.3 Å². The van der Waals surface area contributed by atoms with Gasteiger partial charge in [0.25, 0.3) is 10.0 Å². The molecule has 0 amide bonds. The number of fused-ring (bicyclic) bond motifs is 2. The smallest absolute Gasteiger partial charge is 0.261 e.